The maximum Gasteiger partial charge on any atom is 0.0895 e. The average Bonchev–Trinajstić information content (AvgIpc) is 2.59. The zero-order chi connectivity index (χ0) is 12.1. The molecule has 1 unspecified atom stereocenters. The maximum atomic E-state index is 5.69. The number of hydrogen-bond acceptors (Lipinski definition) is 2. The minimum Gasteiger partial charge on any atom is -0.375 e. The highest BCUT2D eigenvalue weighted by molar-refractivity contribution is 14.1. The first-order chi connectivity index (χ1) is 7.56. The van der Waals surface area contributed by atoms with Crippen molar-refractivity contribution >= 4 is 22.6 Å². The second-order valence-corrected chi connectivity index (χ2v) is 5.71. The quantitative estimate of drug-likeness (QED) is 0.742. The van der Waals surface area contributed by atoms with Crippen molar-refractivity contribution in [3.8, 4) is 0 Å². The number of aromatic nitrogens is 2. The van der Waals surface area contributed by atoms with Crippen LogP contribution < -0.4 is 0 Å². The lowest BCUT2D eigenvalue weighted by molar-refractivity contribution is 0.0904. The van der Waals surface area contributed by atoms with Crippen LogP contribution in [0.1, 0.15) is 45.9 Å². The predicted molar refractivity (Wildman–Crippen MR) is 74.4 cm³/mol. The number of halogens is 1. The largest absolute Gasteiger partial charge is 0.375 e. The Balaban J connectivity index is 2.66. The molecule has 92 valence electrons. The summed E-state index contributed by atoms with van der Waals surface area (Å²) >= 11 is 2.32. The van der Waals surface area contributed by atoms with Crippen molar-refractivity contribution in [1.82, 2.24) is 9.78 Å². The third-order valence-electron chi connectivity index (χ3n) is 2.55. The van der Waals surface area contributed by atoms with Gasteiger partial charge in [0.05, 0.1) is 22.1 Å². The zero-order valence-electron chi connectivity index (χ0n) is 10.5. The minimum absolute atomic E-state index is 0.446. The van der Waals surface area contributed by atoms with Gasteiger partial charge in [0, 0.05) is 12.6 Å². The Morgan fingerprint density at radius 3 is 2.69 bits per heavy atom. The molecule has 0 saturated heterocycles. The highest BCUT2D eigenvalue weighted by atomic mass is 127. The normalized spacial score (nSPS) is 13.4. The summed E-state index contributed by atoms with van der Waals surface area (Å²) in [6.45, 7) is 10.2. The lowest BCUT2D eigenvalue weighted by atomic mass is 10.2. The first-order valence-corrected chi connectivity index (χ1v) is 6.93. The number of nitrogens with zero attached hydrogens (tertiary/aromatic N) is 2. The molecule has 4 heteroatoms. The molecule has 0 amide bonds. The molecule has 0 aliphatic carbocycles. The van der Waals surface area contributed by atoms with Crippen LogP contribution in [0.25, 0.3) is 0 Å². The maximum absolute atomic E-state index is 5.69. The van der Waals surface area contributed by atoms with Gasteiger partial charge in [-0.25, -0.2) is 0 Å². The fraction of sp³-hybridized carbons (Fsp3) is 0.750. The molecule has 3 nitrogen and oxygen atoms in total. The third-order valence-corrected chi connectivity index (χ3v) is 3.45. The van der Waals surface area contributed by atoms with Crippen molar-refractivity contribution in [3.63, 3.8) is 0 Å². The number of hydrogen-bond donors (Lipinski definition) is 0. The Bertz CT molecular complexity index is 323. The number of rotatable bonds is 6. The summed E-state index contributed by atoms with van der Waals surface area (Å²) in [5.74, 6) is 0.581. The lowest BCUT2D eigenvalue weighted by Crippen LogP contribution is -2.12. The molecule has 0 spiro atoms. The Labute approximate surface area is 112 Å². The Morgan fingerprint density at radius 1 is 1.44 bits per heavy atom. The topological polar surface area (TPSA) is 27.1 Å². The molecular formula is C12H21IN2O. The summed E-state index contributed by atoms with van der Waals surface area (Å²) in [6, 6.07) is 0.446. The van der Waals surface area contributed by atoms with Crippen molar-refractivity contribution in [1.29, 1.82) is 0 Å². The molecule has 16 heavy (non-hydrogen) atoms. The van der Waals surface area contributed by atoms with Crippen LogP contribution in [0, 0.1) is 9.49 Å². The first kappa shape index (κ1) is 14.0. The summed E-state index contributed by atoms with van der Waals surface area (Å²) in [5.41, 5.74) is 1.20. The Hall–Kier alpha value is -0.100. The van der Waals surface area contributed by atoms with Gasteiger partial charge in [-0.05, 0) is 41.9 Å². The van der Waals surface area contributed by atoms with E-state index in [1.165, 1.54) is 9.26 Å². The molecule has 0 aromatic carbocycles. The van der Waals surface area contributed by atoms with Crippen LogP contribution in [0.4, 0.5) is 0 Å². The molecule has 1 aromatic rings. The van der Waals surface area contributed by atoms with Crippen LogP contribution in [0.15, 0.2) is 6.20 Å². The van der Waals surface area contributed by atoms with Crippen LogP contribution in [0.5, 0.6) is 0 Å². The van der Waals surface area contributed by atoms with Gasteiger partial charge in [-0.2, -0.15) is 5.10 Å². The van der Waals surface area contributed by atoms with Crippen molar-refractivity contribution < 1.29 is 4.74 Å². The molecule has 1 atom stereocenters. The van der Waals surface area contributed by atoms with Crippen LogP contribution in [0.3, 0.4) is 0 Å². The predicted octanol–water partition coefficient (Wildman–Crippen LogP) is 3.63. The van der Waals surface area contributed by atoms with Crippen LogP contribution in [-0.4, -0.2) is 16.4 Å². The van der Waals surface area contributed by atoms with E-state index in [1.54, 1.807) is 0 Å². The molecule has 0 bridgehead atoms. The molecule has 0 saturated carbocycles. The zero-order valence-corrected chi connectivity index (χ0v) is 12.7. The minimum atomic E-state index is 0.446. The lowest BCUT2D eigenvalue weighted by Gasteiger charge is -2.14. The van der Waals surface area contributed by atoms with Gasteiger partial charge in [0.25, 0.3) is 0 Å². The second-order valence-electron chi connectivity index (χ2n) is 4.55. The van der Waals surface area contributed by atoms with Gasteiger partial charge in [-0.1, -0.05) is 20.8 Å². The first-order valence-electron chi connectivity index (χ1n) is 5.85. The van der Waals surface area contributed by atoms with Crippen molar-refractivity contribution in [3.05, 3.63) is 15.5 Å². The summed E-state index contributed by atoms with van der Waals surface area (Å²) in [6.07, 6.45) is 3.01. The highest BCUT2D eigenvalue weighted by Crippen LogP contribution is 2.19. The van der Waals surface area contributed by atoms with Crippen LogP contribution >= 0.6 is 22.6 Å². The van der Waals surface area contributed by atoms with E-state index in [4.69, 9.17) is 4.74 Å². The van der Waals surface area contributed by atoms with Gasteiger partial charge in [0.1, 0.15) is 0 Å². The molecular weight excluding hydrogens is 315 g/mol. The van der Waals surface area contributed by atoms with Gasteiger partial charge < -0.3 is 4.74 Å². The smallest absolute Gasteiger partial charge is 0.0895 e. The van der Waals surface area contributed by atoms with Crippen molar-refractivity contribution in [2.75, 3.05) is 6.61 Å². The molecule has 0 aliphatic rings. The third kappa shape index (κ3) is 3.73. The summed E-state index contributed by atoms with van der Waals surface area (Å²) in [7, 11) is 0. The van der Waals surface area contributed by atoms with E-state index in [-0.39, 0.29) is 0 Å². The van der Waals surface area contributed by atoms with Gasteiger partial charge in [0.15, 0.2) is 0 Å². The molecule has 1 heterocycles. The van der Waals surface area contributed by atoms with E-state index in [2.05, 4.69) is 60.1 Å². The molecule has 1 aromatic heterocycles. The fourth-order valence-corrected chi connectivity index (χ4v) is 1.97. The van der Waals surface area contributed by atoms with Crippen LogP contribution in [0.2, 0.25) is 0 Å². The van der Waals surface area contributed by atoms with E-state index in [0.717, 1.165) is 13.0 Å². The van der Waals surface area contributed by atoms with Gasteiger partial charge >= 0.3 is 0 Å². The molecule has 0 radical (unpaired) electrons. The second kappa shape index (κ2) is 6.59. The summed E-state index contributed by atoms with van der Waals surface area (Å²) < 4.78 is 8.97. The van der Waals surface area contributed by atoms with E-state index >= 15 is 0 Å². The highest BCUT2D eigenvalue weighted by Gasteiger charge is 2.12. The van der Waals surface area contributed by atoms with E-state index in [1.807, 2.05) is 6.20 Å². The molecule has 0 N–H and O–H groups in total. The van der Waals surface area contributed by atoms with E-state index in [9.17, 15) is 0 Å². The monoisotopic (exact) mass is 336 g/mol. The van der Waals surface area contributed by atoms with Crippen LogP contribution in [-0.2, 0) is 11.3 Å². The van der Waals surface area contributed by atoms with E-state index < -0.39 is 0 Å². The standard InChI is InChI=1S/C12H21IN2O/c1-5-10(4)15-12(11(13)6-14-15)8-16-7-9(2)3/h6,9-10H,5,7-8H2,1-4H3. The van der Waals surface area contributed by atoms with Crippen molar-refractivity contribution in [2.45, 2.75) is 46.8 Å². The van der Waals surface area contributed by atoms with Crippen molar-refractivity contribution in [2.24, 2.45) is 5.92 Å². The van der Waals surface area contributed by atoms with Gasteiger partial charge in [0.2, 0.25) is 0 Å². The SMILES string of the molecule is CCC(C)n1ncc(I)c1COCC(C)C. The van der Waals surface area contributed by atoms with E-state index in [0.29, 0.717) is 18.6 Å². The summed E-state index contributed by atoms with van der Waals surface area (Å²) in [5, 5.41) is 4.41. The fourth-order valence-electron chi connectivity index (χ4n) is 1.45. The Kier molecular flexibility index (Phi) is 5.75. The summed E-state index contributed by atoms with van der Waals surface area (Å²) in [4.78, 5) is 0. The molecule has 1 rings (SSSR count). The van der Waals surface area contributed by atoms with Gasteiger partial charge in [-0.3, -0.25) is 4.68 Å². The molecule has 0 aliphatic heterocycles. The number of ether oxygens (including phenoxy) is 1. The average molecular weight is 336 g/mol. The van der Waals surface area contributed by atoms with Gasteiger partial charge in [-0.15, -0.1) is 0 Å². The molecule has 0 fully saturated rings. The Morgan fingerprint density at radius 2 is 2.12 bits per heavy atom.